The molecule has 0 aliphatic heterocycles. The van der Waals surface area contributed by atoms with E-state index in [4.69, 9.17) is 9.84 Å². The average molecular weight is 455 g/mol. The van der Waals surface area contributed by atoms with Crippen molar-refractivity contribution in [3.05, 3.63) is 18.0 Å². The van der Waals surface area contributed by atoms with Crippen LogP contribution in [0.3, 0.4) is 0 Å². The van der Waals surface area contributed by atoms with E-state index in [1.807, 2.05) is 0 Å². The van der Waals surface area contributed by atoms with Gasteiger partial charge in [-0.3, -0.25) is 4.68 Å². The minimum absolute atomic E-state index is 0.568. The molecule has 1 aromatic rings. The second-order valence-electron chi connectivity index (χ2n) is 12.8. The summed E-state index contributed by atoms with van der Waals surface area (Å²) in [7, 11) is 0. The molecule has 3 nitrogen and oxygen atoms in total. The first kappa shape index (κ1) is 23.9. The first-order chi connectivity index (χ1) is 16.0. The molecule has 1 heterocycles. The number of hydrogen-bond acceptors (Lipinski definition) is 2. The molecule has 0 amide bonds. The van der Waals surface area contributed by atoms with Crippen LogP contribution in [0.4, 0.5) is 0 Å². The molecular weight excluding hydrogens is 404 g/mol. The van der Waals surface area contributed by atoms with E-state index in [-0.39, 0.29) is 0 Å². The normalized spacial score (nSPS) is 41.3. The van der Waals surface area contributed by atoms with Gasteiger partial charge in [-0.25, -0.2) is 0 Å². The molecule has 0 N–H and O–H groups in total. The van der Waals surface area contributed by atoms with E-state index < -0.39 is 0 Å². The van der Waals surface area contributed by atoms with Crippen molar-refractivity contribution < 1.29 is 4.74 Å². The summed E-state index contributed by atoms with van der Waals surface area (Å²) in [5.74, 6) is 7.52. The quantitative estimate of drug-likeness (QED) is 0.409. The van der Waals surface area contributed by atoms with Crippen molar-refractivity contribution in [3.63, 3.8) is 0 Å². The van der Waals surface area contributed by atoms with Gasteiger partial charge in [0, 0.05) is 26.0 Å². The molecule has 0 saturated heterocycles. The van der Waals surface area contributed by atoms with Crippen molar-refractivity contribution in [3.8, 4) is 0 Å². The maximum atomic E-state index is 5.81. The Morgan fingerprint density at radius 1 is 1.06 bits per heavy atom. The molecule has 0 radical (unpaired) electrons. The lowest BCUT2D eigenvalue weighted by molar-refractivity contribution is -0.0786. The number of ether oxygens (including phenoxy) is 1. The van der Waals surface area contributed by atoms with Gasteiger partial charge in [-0.2, -0.15) is 5.10 Å². The number of aryl methyl sites for hydroxylation is 1. The Bertz CT molecular complexity index is 773. The molecule has 5 rings (SSSR count). The molecular formula is C30H50N2O. The lowest BCUT2D eigenvalue weighted by Crippen LogP contribution is -2.49. The second-order valence-corrected chi connectivity index (χ2v) is 12.8. The van der Waals surface area contributed by atoms with Gasteiger partial charge in [0.2, 0.25) is 0 Å². The molecule has 4 saturated carbocycles. The molecule has 186 valence electrons. The largest absolute Gasteiger partial charge is 0.381 e. The standard InChI is InChI=1S/C30H50N2O/c1-5-7-23-17-31-32(19-23)18-21(3)28-12-13-29-27-11-9-24-16-22(20-33-6-2)8-10-25(24)26(27)14-15-30(28,29)4/h17,19,21-22,24-29H,5-16,18,20H2,1-4H3. The van der Waals surface area contributed by atoms with Gasteiger partial charge in [-0.1, -0.05) is 27.2 Å². The number of fused-ring (bicyclic) bond motifs is 5. The van der Waals surface area contributed by atoms with E-state index in [0.29, 0.717) is 5.41 Å². The highest BCUT2D eigenvalue weighted by Crippen LogP contribution is 2.65. The molecule has 0 bridgehead atoms. The molecule has 9 unspecified atom stereocenters. The Labute approximate surface area is 203 Å². The van der Waals surface area contributed by atoms with Crippen LogP contribution >= 0.6 is 0 Å². The van der Waals surface area contributed by atoms with Crippen molar-refractivity contribution in [1.82, 2.24) is 9.78 Å². The molecule has 4 aliphatic rings. The molecule has 3 heteroatoms. The monoisotopic (exact) mass is 454 g/mol. The third-order valence-corrected chi connectivity index (χ3v) is 11.1. The van der Waals surface area contributed by atoms with E-state index in [2.05, 4.69) is 44.8 Å². The smallest absolute Gasteiger partial charge is 0.0521 e. The first-order valence-corrected chi connectivity index (χ1v) is 14.6. The van der Waals surface area contributed by atoms with Gasteiger partial charge in [0.1, 0.15) is 0 Å². The van der Waals surface area contributed by atoms with Gasteiger partial charge in [-0.15, -0.1) is 0 Å². The zero-order chi connectivity index (χ0) is 23.0. The lowest BCUT2D eigenvalue weighted by Gasteiger charge is -2.57. The molecule has 4 fully saturated rings. The van der Waals surface area contributed by atoms with E-state index in [0.717, 1.165) is 73.5 Å². The summed E-state index contributed by atoms with van der Waals surface area (Å²) in [5, 5.41) is 4.72. The fourth-order valence-corrected chi connectivity index (χ4v) is 9.71. The van der Waals surface area contributed by atoms with Crippen LogP contribution in [0.25, 0.3) is 0 Å². The molecule has 9 atom stereocenters. The van der Waals surface area contributed by atoms with E-state index >= 15 is 0 Å². The minimum Gasteiger partial charge on any atom is -0.381 e. The third-order valence-electron chi connectivity index (χ3n) is 11.1. The highest BCUT2D eigenvalue weighted by atomic mass is 16.5. The van der Waals surface area contributed by atoms with E-state index in [1.54, 1.807) is 0 Å². The molecule has 0 spiro atoms. The predicted molar refractivity (Wildman–Crippen MR) is 136 cm³/mol. The lowest BCUT2D eigenvalue weighted by atomic mass is 9.49. The van der Waals surface area contributed by atoms with Crippen molar-refractivity contribution in [2.24, 2.45) is 52.8 Å². The van der Waals surface area contributed by atoms with Crippen molar-refractivity contribution in [1.29, 1.82) is 0 Å². The SMILES string of the molecule is CCCc1cnn(CC(C)C2CCC3C4CCC5CC(COCC)CCC5C4CCC23C)c1. The maximum absolute atomic E-state index is 5.81. The van der Waals surface area contributed by atoms with Gasteiger partial charge in [0.15, 0.2) is 0 Å². The van der Waals surface area contributed by atoms with Gasteiger partial charge in [0.05, 0.1) is 6.20 Å². The summed E-state index contributed by atoms with van der Waals surface area (Å²) in [6.45, 7) is 12.7. The molecule has 4 aliphatic carbocycles. The van der Waals surface area contributed by atoms with Crippen LogP contribution in [-0.4, -0.2) is 23.0 Å². The summed E-state index contributed by atoms with van der Waals surface area (Å²) in [5.41, 5.74) is 1.98. The van der Waals surface area contributed by atoms with Crippen LogP contribution in [0.15, 0.2) is 12.4 Å². The summed E-state index contributed by atoms with van der Waals surface area (Å²) < 4.78 is 8.07. The topological polar surface area (TPSA) is 27.1 Å². The Hall–Kier alpha value is -0.830. The van der Waals surface area contributed by atoms with E-state index in [1.165, 1.54) is 69.8 Å². The van der Waals surface area contributed by atoms with Crippen LogP contribution in [-0.2, 0) is 17.7 Å². The first-order valence-electron chi connectivity index (χ1n) is 14.6. The van der Waals surface area contributed by atoms with Gasteiger partial charge < -0.3 is 4.74 Å². The van der Waals surface area contributed by atoms with Crippen LogP contribution in [0.5, 0.6) is 0 Å². The molecule has 0 aromatic carbocycles. The third kappa shape index (κ3) is 4.57. The van der Waals surface area contributed by atoms with Crippen LogP contribution < -0.4 is 0 Å². The maximum Gasteiger partial charge on any atom is 0.0521 e. The van der Waals surface area contributed by atoms with Gasteiger partial charge in [-0.05, 0) is 129 Å². The molecule has 33 heavy (non-hydrogen) atoms. The Balaban J connectivity index is 1.23. The fourth-order valence-electron chi connectivity index (χ4n) is 9.71. The predicted octanol–water partition coefficient (Wildman–Crippen LogP) is 7.39. The van der Waals surface area contributed by atoms with Crippen LogP contribution in [0, 0.1) is 52.8 Å². The van der Waals surface area contributed by atoms with Crippen molar-refractivity contribution in [2.45, 2.75) is 105 Å². The average Bonchev–Trinajstić information content (AvgIpc) is 3.40. The zero-order valence-electron chi connectivity index (χ0n) is 22.0. The number of hydrogen-bond donors (Lipinski definition) is 0. The highest BCUT2D eigenvalue weighted by Gasteiger charge is 2.57. The van der Waals surface area contributed by atoms with Crippen molar-refractivity contribution >= 4 is 0 Å². The summed E-state index contributed by atoms with van der Waals surface area (Å²) in [6.07, 6.45) is 20.1. The van der Waals surface area contributed by atoms with Gasteiger partial charge in [0.25, 0.3) is 0 Å². The highest BCUT2D eigenvalue weighted by molar-refractivity contribution is 5.07. The summed E-state index contributed by atoms with van der Waals surface area (Å²) in [6, 6.07) is 0. The zero-order valence-corrected chi connectivity index (χ0v) is 22.0. The molecule has 1 aromatic heterocycles. The number of aromatic nitrogens is 2. The second kappa shape index (κ2) is 10.0. The minimum atomic E-state index is 0.568. The van der Waals surface area contributed by atoms with Crippen molar-refractivity contribution in [2.75, 3.05) is 13.2 Å². The van der Waals surface area contributed by atoms with E-state index in [9.17, 15) is 0 Å². The van der Waals surface area contributed by atoms with Gasteiger partial charge >= 0.3 is 0 Å². The Kier molecular flexibility index (Phi) is 7.27. The fraction of sp³-hybridized carbons (Fsp3) is 0.900. The Morgan fingerprint density at radius 2 is 1.91 bits per heavy atom. The number of rotatable bonds is 8. The Morgan fingerprint density at radius 3 is 2.73 bits per heavy atom. The van der Waals surface area contributed by atoms with Crippen LogP contribution in [0.1, 0.15) is 97.5 Å². The number of nitrogens with zero attached hydrogens (tertiary/aromatic N) is 2. The summed E-state index contributed by atoms with van der Waals surface area (Å²) >= 11 is 0. The van der Waals surface area contributed by atoms with Crippen LogP contribution in [0.2, 0.25) is 0 Å². The summed E-state index contributed by atoms with van der Waals surface area (Å²) in [4.78, 5) is 0.